The van der Waals surface area contributed by atoms with Crippen LogP contribution in [0.15, 0.2) is 84.0 Å². The fourth-order valence-corrected chi connectivity index (χ4v) is 6.19. The number of carbonyl (C=O) groups excluding carboxylic acids is 2. The molecule has 1 saturated heterocycles. The highest BCUT2D eigenvalue weighted by molar-refractivity contribution is 7.99. The lowest BCUT2D eigenvalue weighted by molar-refractivity contribution is -0.133. The van der Waals surface area contributed by atoms with Crippen molar-refractivity contribution in [1.82, 2.24) is 24.6 Å². The standard InChI is InChI=1S/C33H36FN5O3S/c1-24-23-37(19-20-38(24)32(41)26-11-13-27(34)14-12-26)31(40)10-6-7-21-43-33-36-35-30(22-25-8-4-3-5-9-25)39(33)28-15-17-29(42-2)18-16-28/h3-5,8-9,11-18,24H,6-7,10,19-23H2,1-2H3. The topological polar surface area (TPSA) is 80.6 Å². The molecule has 4 aromatic rings. The van der Waals surface area contributed by atoms with E-state index in [1.165, 1.54) is 24.3 Å². The second-order valence-electron chi connectivity index (χ2n) is 10.6. The fraction of sp³-hybridized carbons (Fsp3) is 0.333. The lowest BCUT2D eigenvalue weighted by Crippen LogP contribution is -2.55. The summed E-state index contributed by atoms with van der Waals surface area (Å²) in [6.45, 7) is 3.41. The number of unbranched alkanes of at least 4 members (excludes halogenated alkanes) is 1. The Balaban J connectivity index is 1.12. The zero-order valence-electron chi connectivity index (χ0n) is 24.5. The molecule has 10 heteroatoms. The van der Waals surface area contributed by atoms with E-state index in [0.717, 1.165) is 46.6 Å². The predicted octanol–water partition coefficient (Wildman–Crippen LogP) is 5.64. The number of methoxy groups -OCH3 is 1. The average Bonchev–Trinajstić information content (AvgIpc) is 3.43. The Morgan fingerprint density at radius 2 is 1.70 bits per heavy atom. The summed E-state index contributed by atoms with van der Waals surface area (Å²) < 4.78 is 20.7. The molecule has 1 aliphatic heterocycles. The molecular weight excluding hydrogens is 565 g/mol. The molecule has 0 spiro atoms. The van der Waals surface area contributed by atoms with Crippen molar-refractivity contribution in [2.45, 2.75) is 43.8 Å². The highest BCUT2D eigenvalue weighted by Crippen LogP contribution is 2.26. The molecule has 1 fully saturated rings. The van der Waals surface area contributed by atoms with E-state index in [1.54, 1.807) is 23.8 Å². The number of thioether (sulfide) groups is 1. The van der Waals surface area contributed by atoms with Gasteiger partial charge in [0.25, 0.3) is 5.91 Å². The van der Waals surface area contributed by atoms with Gasteiger partial charge >= 0.3 is 0 Å². The maximum Gasteiger partial charge on any atom is 0.254 e. The second-order valence-corrected chi connectivity index (χ2v) is 11.7. The zero-order valence-corrected chi connectivity index (χ0v) is 25.3. The first-order valence-electron chi connectivity index (χ1n) is 14.5. The number of aromatic nitrogens is 3. The highest BCUT2D eigenvalue weighted by atomic mass is 32.2. The van der Waals surface area contributed by atoms with Crippen LogP contribution >= 0.6 is 11.8 Å². The number of carbonyl (C=O) groups is 2. The minimum atomic E-state index is -0.370. The molecule has 0 N–H and O–H groups in total. The van der Waals surface area contributed by atoms with Crippen molar-refractivity contribution in [3.05, 3.63) is 102 Å². The van der Waals surface area contributed by atoms with Gasteiger partial charge in [0.1, 0.15) is 17.4 Å². The molecule has 1 aliphatic rings. The van der Waals surface area contributed by atoms with Gasteiger partial charge in [0.2, 0.25) is 5.91 Å². The highest BCUT2D eigenvalue weighted by Gasteiger charge is 2.30. The van der Waals surface area contributed by atoms with Crippen LogP contribution in [0.3, 0.4) is 0 Å². The smallest absolute Gasteiger partial charge is 0.254 e. The fourth-order valence-electron chi connectivity index (χ4n) is 5.22. The lowest BCUT2D eigenvalue weighted by Gasteiger charge is -2.40. The van der Waals surface area contributed by atoms with Crippen LogP contribution in [-0.4, -0.2) is 74.9 Å². The number of amides is 2. The molecule has 224 valence electrons. The maximum atomic E-state index is 13.3. The van der Waals surface area contributed by atoms with Crippen molar-refractivity contribution < 1.29 is 18.7 Å². The summed E-state index contributed by atoms with van der Waals surface area (Å²) in [6, 6.07) is 23.6. The van der Waals surface area contributed by atoms with Crippen molar-refractivity contribution >= 4 is 23.6 Å². The Hall–Kier alpha value is -4.18. The minimum absolute atomic E-state index is 0.109. The molecule has 43 heavy (non-hydrogen) atoms. The van der Waals surface area contributed by atoms with E-state index in [4.69, 9.17) is 4.74 Å². The van der Waals surface area contributed by atoms with Crippen LogP contribution in [-0.2, 0) is 11.2 Å². The van der Waals surface area contributed by atoms with E-state index in [-0.39, 0.29) is 23.7 Å². The Kier molecular flexibility index (Phi) is 10.1. The quantitative estimate of drug-likeness (QED) is 0.164. The molecule has 0 saturated carbocycles. The van der Waals surface area contributed by atoms with Crippen molar-refractivity contribution in [2.75, 3.05) is 32.5 Å². The third kappa shape index (κ3) is 7.62. The molecule has 3 aromatic carbocycles. The Morgan fingerprint density at radius 3 is 2.40 bits per heavy atom. The third-order valence-electron chi connectivity index (χ3n) is 7.58. The average molecular weight is 602 g/mol. The van der Waals surface area contributed by atoms with Gasteiger partial charge in [-0.3, -0.25) is 14.2 Å². The first-order valence-corrected chi connectivity index (χ1v) is 15.5. The summed E-state index contributed by atoms with van der Waals surface area (Å²) in [5, 5.41) is 9.85. The minimum Gasteiger partial charge on any atom is -0.497 e. The molecular formula is C33H36FN5O3S. The van der Waals surface area contributed by atoms with Crippen LogP contribution in [0.1, 0.15) is 47.9 Å². The number of nitrogens with zero attached hydrogens (tertiary/aromatic N) is 5. The summed E-state index contributed by atoms with van der Waals surface area (Å²) in [7, 11) is 1.65. The summed E-state index contributed by atoms with van der Waals surface area (Å²) in [6.07, 6.45) is 2.75. The van der Waals surface area contributed by atoms with Gasteiger partial charge in [0.15, 0.2) is 5.16 Å². The van der Waals surface area contributed by atoms with Gasteiger partial charge in [-0.05, 0) is 73.9 Å². The van der Waals surface area contributed by atoms with Crippen LogP contribution in [0.5, 0.6) is 5.75 Å². The molecule has 1 unspecified atom stereocenters. The lowest BCUT2D eigenvalue weighted by atomic mass is 10.1. The molecule has 0 aliphatic carbocycles. The molecule has 2 amide bonds. The van der Waals surface area contributed by atoms with E-state index < -0.39 is 0 Å². The summed E-state index contributed by atoms with van der Waals surface area (Å²) >= 11 is 1.64. The second kappa shape index (κ2) is 14.3. The number of hydrogen-bond donors (Lipinski definition) is 0. The van der Waals surface area contributed by atoms with Crippen LogP contribution in [0.4, 0.5) is 4.39 Å². The van der Waals surface area contributed by atoms with Gasteiger partial charge in [-0.15, -0.1) is 10.2 Å². The number of rotatable bonds is 11. The van der Waals surface area contributed by atoms with Crippen LogP contribution in [0.25, 0.3) is 5.69 Å². The van der Waals surface area contributed by atoms with Gasteiger partial charge in [-0.25, -0.2) is 4.39 Å². The number of ether oxygens (including phenoxy) is 1. The predicted molar refractivity (Wildman–Crippen MR) is 165 cm³/mol. The van der Waals surface area contributed by atoms with Crippen LogP contribution in [0, 0.1) is 5.82 Å². The first-order chi connectivity index (χ1) is 20.9. The monoisotopic (exact) mass is 601 g/mol. The molecule has 1 aromatic heterocycles. The summed E-state index contributed by atoms with van der Waals surface area (Å²) in [5.41, 5.74) is 2.59. The van der Waals surface area contributed by atoms with Crippen LogP contribution < -0.4 is 4.74 Å². The molecule has 1 atom stereocenters. The van der Waals surface area contributed by atoms with E-state index in [9.17, 15) is 14.0 Å². The number of piperazine rings is 1. The SMILES string of the molecule is COc1ccc(-n2c(Cc3ccccc3)nnc2SCCCCC(=O)N2CCN(C(=O)c3ccc(F)cc3)C(C)C2)cc1. The van der Waals surface area contributed by atoms with Gasteiger partial charge < -0.3 is 14.5 Å². The summed E-state index contributed by atoms with van der Waals surface area (Å²) in [4.78, 5) is 29.5. The zero-order chi connectivity index (χ0) is 30.2. The van der Waals surface area contributed by atoms with Gasteiger partial charge in [-0.1, -0.05) is 42.1 Å². The normalized spacial score (nSPS) is 15.0. The van der Waals surface area contributed by atoms with E-state index in [1.807, 2.05) is 54.3 Å². The van der Waals surface area contributed by atoms with E-state index >= 15 is 0 Å². The Labute approximate surface area is 255 Å². The van der Waals surface area contributed by atoms with E-state index in [2.05, 4.69) is 26.9 Å². The number of hydrogen-bond acceptors (Lipinski definition) is 6. The first kappa shape index (κ1) is 30.3. The third-order valence-corrected chi connectivity index (χ3v) is 8.60. The number of benzene rings is 3. The molecule has 0 bridgehead atoms. The van der Waals surface area contributed by atoms with Gasteiger partial charge in [0.05, 0.1) is 7.11 Å². The molecule has 5 rings (SSSR count). The van der Waals surface area contributed by atoms with Crippen molar-refractivity contribution in [2.24, 2.45) is 0 Å². The Bertz CT molecular complexity index is 1510. The largest absolute Gasteiger partial charge is 0.497 e. The van der Waals surface area contributed by atoms with Crippen LogP contribution in [0.2, 0.25) is 0 Å². The van der Waals surface area contributed by atoms with Crippen molar-refractivity contribution in [3.8, 4) is 11.4 Å². The Morgan fingerprint density at radius 1 is 0.953 bits per heavy atom. The molecule has 0 radical (unpaired) electrons. The van der Waals surface area contributed by atoms with Gasteiger partial charge in [0, 0.05) is 55.5 Å². The summed E-state index contributed by atoms with van der Waals surface area (Å²) in [5.74, 6) is 2.06. The maximum absolute atomic E-state index is 13.3. The van der Waals surface area contributed by atoms with Crippen molar-refractivity contribution in [1.29, 1.82) is 0 Å². The van der Waals surface area contributed by atoms with E-state index in [0.29, 0.717) is 38.0 Å². The van der Waals surface area contributed by atoms with Gasteiger partial charge in [-0.2, -0.15) is 0 Å². The molecule has 8 nitrogen and oxygen atoms in total. The number of halogens is 1. The molecule has 2 heterocycles. The van der Waals surface area contributed by atoms with Crippen molar-refractivity contribution in [3.63, 3.8) is 0 Å².